The summed E-state index contributed by atoms with van der Waals surface area (Å²) < 4.78 is 5.16. The fourth-order valence-corrected chi connectivity index (χ4v) is 3.15. The molecule has 2 aromatic rings. The topological polar surface area (TPSA) is 45.3 Å². The number of hydrogen-bond acceptors (Lipinski definition) is 3. The van der Waals surface area contributed by atoms with E-state index in [1.165, 1.54) is 16.5 Å². The summed E-state index contributed by atoms with van der Waals surface area (Å²) in [5.74, 6) is -0.00923. The number of fused-ring (bicyclic) bond motifs is 1. The Morgan fingerprint density at radius 3 is 3.14 bits per heavy atom. The van der Waals surface area contributed by atoms with Crippen LogP contribution in [0.15, 0.2) is 30.5 Å². The van der Waals surface area contributed by atoms with Crippen LogP contribution in [-0.2, 0) is 16.1 Å². The standard InChI is InChI=1S/C17H22N2O2/c1-2-21-17(20)13-6-5-9-19(11-13)12-14-10-18-16-8-4-3-7-15(14)16/h3-4,7-8,10,13,18H,2,5-6,9,11-12H2,1H3/t13-/m1/s1. The van der Waals surface area contributed by atoms with Gasteiger partial charge in [0, 0.05) is 30.2 Å². The molecule has 0 bridgehead atoms. The van der Waals surface area contributed by atoms with Crippen LogP contribution in [-0.4, -0.2) is 35.5 Å². The van der Waals surface area contributed by atoms with Crippen molar-refractivity contribution in [3.63, 3.8) is 0 Å². The molecule has 3 rings (SSSR count). The SMILES string of the molecule is CCOC(=O)[C@@H]1CCCN(Cc2c[nH]c3ccccc23)C1. The molecular formula is C17H22N2O2. The predicted molar refractivity (Wildman–Crippen MR) is 82.9 cm³/mol. The number of rotatable bonds is 4. The third-order valence-corrected chi connectivity index (χ3v) is 4.19. The molecule has 1 aromatic heterocycles. The van der Waals surface area contributed by atoms with E-state index < -0.39 is 0 Å². The Labute approximate surface area is 125 Å². The van der Waals surface area contributed by atoms with Gasteiger partial charge in [-0.2, -0.15) is 0 Å². The van der Waals surface area contributed by atoms with E-state index in [1.54, 1.807) is 0 Å². The molecule has 1 saturated heterocycles. The van der Waals surface area contributed by atoms with Gasteiger partial charge in [0.2, 0.25) is 0 Å². The normalized spacial score (nSPS) is 19.8. The second-order valence-electron chi connectivity index (χ2n) is 5.69. The van der Waals surface area contributed by atoms with Crippen molar-refractivity contribution in [3.8, 4) is 0 Å². The van der Waals surface area contributed by atoms with Crippen molar-refractivity contribution in [2.45, 2.75) is 26.3 Å². The number of aromatic amines is 1. The molecule has 112 valence electrons. The molecule has 4 heteroatoms. The van der Waals surface area contributed by atoms with E-state index >= 15 is 0 Å². The minimum atomic E-state index is -0.0406. The molecule has 0 unspecified atom stereocenters. The highest BCUT2D eigenvalue weighted by molar-refractivity contribution is 5.83. The molecule has 1 N–H and O–H groups in total. The molecule has 21 heavy (non-hydrogen) atoms. The number of carbonyl (C=O) groups is 1. The summed E-state index contributed by atoms with van der Waals surface area (Å²) >= 11 is 0. The third kappa shape index (κ3) is 3.10. The van der Waals surface area contributed by atoms with E-state index in [-0.39, 0.29) is 11.9 Å². The van der Waals surface area contributed by atoms with E-state index in [2.05, 4.69) is 34.3 Å². The van der Waals surface area contributed by atoms with Gasteiger partial charge >= 0.3 is 5.97 Å². The molecule has 0 radical (unpaired) electrons. The van der Waals surface area contributed by atoms with Crippen molar-refractivity contribution in [1.82, 2.24) is 9.88 Å². The number of aromatic nitrogens is 1. The number of H-pyrrole nitrogens is 1. The molecule has 1 atom stereocenters. The van der Waals surface area contributed by atoms with Gasteiger partial charge in [-0.1, -0.05) is 18.2 Å². The van der Waals surface area contributed by atoms with E-state index in [0.717, 1.165) is 32.5 Å². The minimum Gasteiger partial charge on any atom is -0.466 e. The first-order valence-electron chi connectivity index (χ1n) is 7.72. The Kier molecular flexibility index (Phi) is 4.25. The summed E-state index contributed by atoms with van der Waals surface area (Å²) in [4.78, 5) is 17.6. The van der Waals surface area contributed by atoms with Gasteiger partial charge in [-0.15, -0.1) is 0 Å². The van der Waals surface area contributed by atoms with Gasteiger partial charge in [0.25, 0.3) is 0 Å². The zero-order chi connectivity index (χ0) is 14.7. The van der Waals surface area contributed by atoms with Gasteiger partial charge in [0.15, 0.2) is 0 Å². The number of nitrogens with one attached hydrogen (secondary N) is 1. The average molecular weight is 286 g/mol. The molecule has 0 aliphatic carbocycles. The Hall–Kier alpha value is -1.81. The van der Waals surface area contributed by atoms with Crippen molar-refractivity contribution in [3.05, 3.63) is 36.0 Å². The van der Waals surface area contributed by atoms with Crippen LogP contribution in [0.4, 0.5) is 0 Å². The summed E-state index contributed by atoms with van der Waals surface area (Å²) in [6.45, 7) is 5.08. The average Bonchev–Trinajstić information content (AvgIpc) is 2.91. The van der Waals surface area contributed by atoms with Crippen LogP contribution in [0.5, 0.6) is 0 Å². The van der Waals surface area contributed by atoms with Crippen molar-refractivity contribution >= 4 is 16.9 Å². The first-order chi connectivity index (χ1) is 10.3. The first-order valence-corrected chi connectivity index (χ1v) is 7.72. The van der Waals surface area contributed by atoms with Crippen LogP contribution in [0.2, 0.25) is 0 Å². The maximum absolute atomic E-state index is 11.9. The summed E-state index contributed by atoms with van der Waals surface area (Å²) in [7, 11) is 0. The number of carbonyl (C=O) groups excluding carboxylic acids is 1. The number of piperidine rings is 1. The number of likely N-dealkylation sites (tertiary alicyclic amines) is 1. The van der Waals surface area contributed by atoms with Crippen molar-refractivity contribution in [2.75, 3.05) is 19.7 Å². The third-order valence-electron chi connectivity index (χ3n) is 4.19. The van der Waals surface area contributed by atoms with E-state index in [4.69, 9.17) is 4.74 Å². The van der Waals surface area contributed by atoms with Crippen LogP contribution in [0.3, 0.4) is 0 Å². The monoisotopic (exact) mass is 286 g/mol. The number of esters is 1. The van der Waals surface area contributed by atoms with Crippen molar-refractivity contribution in [2.24, 2.45) is 5.92 Å². The lowest BCUT2D eigenvalue weighted by molar-refractivity contribution is -0.150. The summed E-state index contributed by atoms with van der Waals surface area (Å²) in [6.07, 6.45) is 4.09. The molecule has 2 heterocycles. The summed E-state index contributed by atoms with van der Waals surface area (Å²) in [6, 6.07) is 8.35. The quantitative estimate of drug-likeness (QED) is 0.879. The predicted octanol–water partition coefficient (Wildman–Crippen LogP) is 2.94. The molecule has 1 aromatic carbocycles. The fourth-order valence-electron chi connectivity index (χ4n) is 3.15. The molecule has 0 amide bonds. The highest BCUT2D eigenvalue weighted by Gasteiger charge is 2.27. The van der Waals surface area contributed by atoms with Crippen LogP contribution in [0.25, 0.3) is 10.9 Å². The van der Waals surface area contributed by atoms with E-state index in [1.807, 2.05) is 13.0 Å². The van der Waals surface area contributed by atoms with E-state index in [9.17, 15) is 4.79 Å². The summed E-state index contributed by atoms with van der Waals surface area (Å²) in [5.41, 5.74) is 2.47. The minimum absolute atomic E-state index is 0.0314. The van der Waals surface area contributed by atoms with Gasteiger partial charge in [0.1, 0.15) is 0 Å². The first kappa shape index (κ1) is 14.1. The maximum atomic E-state index is 11.9. The van der Waals surface area contributed by atoms with Gasteiger partial charge < -0.3 is 9.72 Å². The van der Waals surface area contributed by atoms with Crippen LogP contribution in [0, 0.1) is 5.92 Å². The van der Waals surface area contributed by atoms with E-state index in [0.29, 0.717) is 6.61 Å². The van der Waals surface area contributed by atoms with Crippen LogP contribution >= 0.6 is 0 Å². The molecule has 1 aliphatic heterocycles. The number of nitrogens with zero attached hydrogens (tertiary/aromatic N) is 1. The number of benzene rings is 1. The van der Waals surface area contributed by atoms with Crippen molar-refractivity contribution < 1.29 is 9.53 Å². The zero-order valence-corrected chi connectivity index (χ0v) is 12.5. The molecule has 0 saturated carbocycles. The second kappa shape index (κ2) is 6.31. The number of hydrogen-bond donors (Lipinski definition) is 1. The highest BCUT2D eigenvalue weighted by Crippen LogP contribution is 2.23. The Balaban J connectivity index is 1.68. The largest absolute Gasteiger partial charge is 0.466 e. The molecule has 1 aliphatic rings. The van der Waals surface area contributed by atoms with Crippen LogP contribution < -0.4 is 0 Å². The zero-order valence-electron chi connectivity index (χ0n) is 12.5. The van der Waals surface area contributed by atoms with Crippen LogP contribution in [0.1, 0.15) is 25.3 Å². The van der Waals surface area contributed by atoms with Gasteiger partial charge in [-0.05, 0) is 37.9 Å². The fraction of sp³-hybridized carbons (Fsp3) is 0.471. The van der Waals surface area contributed by atoms with Gasteiger partial charge in [-0.25, -0.2) is 0 Å². The Morgan fingerprint density at radius 2 is 2.29 bits per heavy atom. The highest BCUT2D eigenvalue weighted by atomic mass is 16.5. The van der Waals surface area contributed by atoms with Crippen molar-refractivity contribution in [1.29, 1.82) is 0 Å². The molecule has 1 fully saturated rings. The lowest BCUT2D eigenvalue weighted by atomic mass is 9.97. The second-order valence-corrected chi connectivity index (χ2v) is 5.69. The maximum Gasteiger partial charge on any atom is 0.310 e. The summed E-state index contributed by atoms with van der Waals surface area (Å²) in [5, 5.41) is 1.27. The number of para-hydroxylation sites is 1. The smallest absolute Gasteiger partial charge is 0.310 e. The molecule has 0 spiro atoms. The lowest BCUT2D eigenvalue weighted by Crippen LogP contribution is -2.38. The van der Waals surface area contributed by atoms with Gasteiger partial charge in [0.05, 0.1) is 12.5 Å². The number of ether oxygens (including phenoxy) is 1. The Bertz CT molecular complexity index is 620. The lowest BCUT2D eigenvalue weighted by Gasteiger charge is -2.31. The van der Waals surface area contributed by atoms with Gasteiger partial charge in [-0.3, -0.25) is 9.69 Å². The molecule has 4 nitrogen and oxygen atoms in total. The molecular weight excluding hydrogens is 264 g/mol. The Morgan fingerprint density at radius 1 is 1.43 bits per heavy atom.